The second-order valence-electron chi connectivity index (χ2n) is 1.91. The second-order valence-corrected chi connectivity index (χ2v) is 1.91. The van der Waals surface area contributed by atoms with Gasteiger partial charge in [-0.05, 0) is 0 Å². The average Bonchev–Trinajstić information content (AvgIpc) is 2.34. The van der Waals surface area contributed by atoms with Crippen molar-refractivity contribution in [3.05, 3.63) is 12.2 Å². The van der Waals surface area contributed by atoms with Crippen LogP contribution in [0.4, 0.5) is 22.0 Å². The van der Waals surface area contributed by atoms with Crippen molar-refractivity contribution >= 4 is 0 Å². The number of hydrogen-bond donors (Lipinski definition) is 1. The molecule has 70 valence electrons. The van der Waals surface area contributed by atoms with Gasteiger partial charge in [-0.1, -0.05) is 0 Å². The maximum Gasteiger partial charge on any atom is 1.00 e. The molecule has 0 atom stereocenters. The molecule has 0 aliphatic rings. The minimum absolute atomic E-state index is 0. The predicted molar refractivity (Wildman–Crippen MR) is 27.4 cm³/mol. The normalized spacial score (nSPS) is 12.4. The SMILES string of the molecule is FC(F)(F)C(F)(F)c1ncn[nH]1.[H-].[K+]. The van der Waals surface area contributed by atoms with Crippen LogP contribution in [0.25, 0.3) is 0 Å². The van der Waals surface area contributed by atoms with Crippen LogP contribution >= 0.6 is 0 Å². The number of H-pyrrole nitrogens is 1. The first-order valence-corrected chi connectivity index (χ1v) is 2.66. The van der Waals surface area contributed by atoms with Crippen LogP contribution in [-0.2, 0) is 5.92 Å². The smallest absolute Gasteiger partial charge is 1.00 e. The zero-order chi connectivity index (χ0) is 9.41. The summed E-state index contributed by atoms with van der Waals surface area (Å²) in [5.41, 5.74) is 0. The van der Waals surface area contributed by atoms with E-state index in [9.17, 15) is 22.0 Å². The summed E-state index contributed by atoms with van der Waals surface area (Å²) in [5.74, 6) is -6.47. The van der Waals surface area contributed by atoms with Crippen molar-refractivity contribution in [3.8, 4) is 0 Å². The Bertz CT molecular complexity index is 260. The van der Waals surface area contributed by atoms with Gasteiger partial charge < -0.3 is 1.43 Å². The van der Waals surface area contributed by atoms with Crippen LogP contribution in [0.2, 0.25) is 0 Å². The van der Waals surface area contributed by atoms with E-state index < -0.39 is 17.9 Å². The standard InChI is InChI=1S/C4H2F5N3.K.H/c5-3(6,4(7,8)9)2-10-1-11-12-2;;/h1H,(H,10,11,12);;/q;+1;-1. The first-order valence-electron chi connectivity index (χ1n) is 2.66. The van der Waals surface area contributed by atoms with Gasteiger partial charge in [-0.15, -0.1) is 0 Å². The van der Waals surface area contributed by atoms with Crippen LogP contribution < -0.4 is 51.4 Å². The molecule has 0 amide bonds. The number of aromatic amines is 1. The van der Waals surface area contributed by atoms with Crippen molar-refractivity contribution in [2.24, 2.45) is 0 Å². The predicted octanol–water partition coefficient (Wildman–Crippen LogP) is -1.42. The summed E-state index contributed by atoms with van der Waals surface area (Å²) in [7, 11) is 0. The van der Waals surface area contributed by atoms with E-state index in [-0.39, 0.29) is 52.8 Å². The second kappa shape index (κ2) is 4.30. The van der Waals surface area contributed by atoms with Crippen LogP contribution in [0.1, 0.15) is 7.25 Å². The van der Waals surface area contributed by atoms with Crippen molar-refractivity contribution in [1.29, 1.82) is 0 Å². The zero-order valence-electron chi connectivity index (χ0n) is 7.36. The molecule has 1 N–H and O–H groups in total. The topological polar surface area (TPSA) is 41.6 Å². The molecule has 0 saturated heterocycles. The Morgan fingerprint density at radius 3 is 2.08 bits per heavy atom. The van der Waals surface area contributed by atoms with Gasteiger partial charge in [0.1, 0.15) is 6.33 Å². The fourth-order valence-electron chi connectivity index (χ4n) is 0.491. The molecule has 3 nitrogen and oxygen atoms in total. The molecule has 0 saturated carbocycles. The number of nitrogens with zero attached hydrogens (tertiary/aromatic N) is 2. The molecule has 1 heterocycles. The molecule has 9 heteroatoms. The van der Waals surface area contributed by atoms with Gasteiger partial charge in [-0.2, -0.15) is 27.1 Å². The monoisotopic (exact) mass is 227 g/mol. The minimum atomic E-state index is -5.65. The van der Waals surface area contributed by atoms with E-state index in [1.807, 2.05) is 0 Å². The first kappa shape index (κ1) is 13.4. The molecule has 0 radical (unpaired) electrons. The van der Waals surface area contributed by atoms with Crippen molar-refractivity contribution < 1.29 is 74.8 Å². The maximum atomic E-state index is 12.2. The number of rotatable bonds is 1. The van der Waals surface area contributed by atoms with Gasteiger partial charge in [0.2, 0.25) is 5.82 Å². The van der Waals surface area contributed by atoms with E-state index in [0.717, 1.165) is 0 Å². The maximum absolute atomic E-state index is 12.2. The molecule has 0 aliphatic carbocycles. The third-order valence-corrected chi connectivity index (χ3v) is 1.07. The molecular weight excluding hydrogens is 224 g/mol. The van der Waals surface area contributed by atoms with Gasteiger partial charge in [0.25, 0.3) is 0 Å². The first-order chi connectivity index (χ1) is 5.36. The quantitative estimate of drug-likeness (QED) is 0.472. The largest absolute Gasteiger partial charge is 1.00 e. The summed E-state index contributed by atoms with van der Waals surface area (Å²) >= 11 is 0. The molecular formula is C4H3F5KN3. The molecule has 13 heavy (non-hydrogen) atoms. The Labute approximate surface area is 113 Å². The Kier molecular flexibility index (Phi) is 4.44. The summed E-state index contributed by atoms with van der Waals surface area (Å²) in [5, 5.41) is 4.34. The summed E-state index contributed by atoms with van der Waals surface area (Å²) in [4.78, 5) is 2.72. The van der Waals surface area contributed by atoms with Crippen molar-refractivity contribution in [2.75, 3.05) is 0 Å². The van der Waals surface area contributed by atoms with Crippen molar-refractivity contribution in [1.82, 2.24) is 15.2 Å². The Balaban J connectivity index is 0. The van der Waals surface area contributed by atoms with E-state index >= 15 is 0 Å². The molecule has 1 aromatic heterocycles. The van der Waals surface area contributed by atoms with Crippen LogP contribution in [0.15, 0.2) is 6.33 Å². The van der Waals surface area contributed by atoms with Gasteiger partial charge in [0.15, 0.2) is 0 Å². The number of alkyl halides is 5. The molecule has 0 spiro atoms. The van der Waals surface area contributed by atoms with Crippen LogP contribution in [0, 0.1) is 0 Å². The summed E-state index contributed by atoms with van der Waals surface area (Å²) in [6.07, 6.45) is -5.07. The van der Waals surface area contributed by atoms with E-state index in [4.69, 9.17) is 0 Å². The summed E-state index contributed by atoms with van der Waals surface area (Å²) in [6.45, 7) is 0. The van der Waals surface area contributed by atoms with E-state index in [1.54, 1.807) is 0 Å². The number of nitrogens with one attached hydrogen (secondary N) is 1. The van der Waals surface area contributed by atoms with Gasteiger partial charge in [0, 0.05) is 0 Å². The molecule has 1 aromatic rings. The van der Waals surface area contributed by atoms with Gasteiger partial charge in [-0.25, -0.2) is 4.98 Å². The van der Waals surface area contributed by atoms with E-state index in [2.05, 4.69) is 10.1 Å². The van der Waals surface area contributed by atoms with Crippen LogP contribution in [0.3, 0.4) is 0 Å². The van der Waals surface area contributed by atoms with E-state index in [0.29, 0.717) is 6.33 Å². The van der Waals surface area contributed by atoms with E-state index in [1.165, 1.54) is 5.10 Å². The number of halogens is 5. The van der Waals surface area contributed by atoms with Crippen molar-refractivity contribution in [2.45, 2.75) is 12.1 Å². The number of aromatic nitrogens is 3. The zero-order valence-corrected chi connectivity index (χ0v) is 9.48. The third-order valence-electron chi connectivity index (χ3n) is 1.07. The molecule has 0 unspecified atom stereocenters. The summed E-state index contributed by atoms with van der Waals surface area (Å²) in [6, 6.07) is 0. The fraction of sp³-hybridized carbons (Fsp3) is 0.500. The number of hydrogen-bond acceptors (Lipinski definition) is 2. The van der Waals surface area contributed by atoms with Crippen LogP contribution in [-0.4, -0.2) is 21.4 Å². The molecule has 1 rings (SSSR count). The van der Waals surface area contributed by atoms with Gasteiger partial charge >= 0.3 is 63.5 Å². The van der Waals surface area contributed by atoms with Crippen molar-refractivity contribution in [3.63, 3.8) is 0 Å². The van der Waals surface area contributed by atoms with Crippen LogP contribution in [0.5, 0.6) is 0 Å². The van der Waals surface area contributed by atoms with Gasteiger partial charge in [-0.3, -0.25) is 5.10 Å². The molecule has 0 bridgehead atoms. The van der Waals surface area contributed by atoms with Gasteiger partial charge in [0.05, 0.1) is 0 Å². The Morgan fingerprint density at radius 1 is 1.23 bits per heavy atom. The third kappa shape index (κ3) is 2.69. The summed E-state index contributed by atoms with van der Waals surface area (Å²) < 4.78 is 59.2. The Hall–Kier alpha value is 0.426. The molecule has 0 aliphatic heterocycles. The fourth-order valence-corrected chi connectivity index (χ4v) is 0.491. The molecule has 0 fully saturated rings. The average molecular weight is 227 g/mol. The minimum Gasteiger partial charge on any atom is -1.00 e. The molecule has 0 aromatic carbocycles. The Morgan fingerprint density at radius 2 is 1.77 bits per heavy atom.